The van der Waals surface area contributed by atoms with Crippen LogP contribution in [-0.2, 0) is 9.53 Å². The lowest BCUT2D eigenvalue weighted by atomic mass is 10.2. The fourth-order valence-corrected chi connectivity index (χ4v) is 1.91. The number of esters is 1. The quantitative estimate of drug-likeness (QED) is 0.450. The van der Waals surface area contributed by atoms with Gasteiger partial charge in [0.05, 0.1) is 21.3 Å². The lowest BCUT2D eigenvalue weighted by molar-refractivity contribution is -0.139. The predicted octanol–water partition coefficient (Wildman–Crippen LogP) is 1.41. The summed E-state index contributed by atoms with van der Waals surface area (Å²) in [5.74, 6) is 0.351. The maximum atomic E-state index is 12.0. The van der Waals surface area contributed by atoms with Gasteiger partial charge in [-0.1, -0.05) is 22.6 Å². The molecule has 1 unspecified atom stereocenters. The molecule has 6 nitrogen and oxygen atoms in total. The highest BCUT2D eigenvalue weighted by Gasteiger charge is 2.17. The summed E-state index contributed by atoms with van der Waals surface area (Å²) < 4.78 is 14.3. The van der Waals surface area contributed by atoms with Crippen LogP contribution >= 0.6 is 22.6 Å². The Morgan fingerprint density at radius 1 is 1.15 bits per heavy atom. The number of ether oxygens (including phenoxy) is 3. The van der Waals surface area contributed by atoms with Gasteiger partial charge in [-0.2, -0.15) is 0 Å². The molecule has 0 aromatic heterocycles. The summed E-state index contributed by atoms with van der Waals surface area (Å²) in [5.41, 5.74) is 0.398. The normalized spacial score (nSPS) is 11.4. The molecule has 0 spiro atoms. The molecule has 1 N–H and O–H groups in total. The van der Waals surface area contributed by atoms with Gasteiger partial charge in [0.15, 0.2) is 0 Å². The van der Waals surface area contributed by atoms with Crippen molar-refractivity contribution in [1.82, 2.24) is 5.32 Å². The molecule has 7 heteroatoms. The molecule has 1 aromatic carbocycles. The molecule has 0 radical (unpaired) electrons. The second-order valence-electron chi connectivity index (χ2n) is 3.80. The minimum absolute atomic E-state index is 0.186. The molecule has 1 atom stereocenters. The minimum Gasteiger partial charge on any atom is -0.497 e. The van der Waals surface area contributed by atoms with Gasteiger partial charge in [0, 0.05) is 18.2 Å². The first kappa shape index (κ1) is 16.5. The molecule has 1 amide bonds. The van der Waals surface area contributed by atoms with E-state index in [2.05, 4.69) is 10.1 Å². The third-order valence-electron chi connectivity index (χ3n) is 2.51. The Hall–Kier alpha value is -1.51. The maximum absolute atomic E-state index is 12.0. The summed E-state index contributed by atoms with van der Waals surface area (Å²) in [6.45, 7) is 0.186. The van der Waals surface area contributed by atoms with Crippen LogP contribution in [0, 0.1) is 0 Å². The number of rotatable bonds is 6. The second kappa shape index (κ2) is 7.93. The molecule has 1 aromatic rings. The summed E-state index contributed by atoms with van der Waals surface area (Å²) in [7, 11) is 4.33. The van der Waals surface area contributed by atoms with E-state index in [4.69, 9.17) is 9.47 Å². The van der Waals surface area contributed by atoms with Gasteiger partial charge in [-0.15, -0.1) is 0 Å². The molecule has 0 fully saturated rings. The van der Waals surface area contributed by atoms with Gasteiger partial charge in [-0.25, -0.2) is 0 Å². The van der Waals surface area contributed by atoms with Crippen molar-refractivity contribution in [3.05, 3.63) is 23.8 Å². The van der Waals surface area contributed by atoms with Crippen molar-refractivity contribution in [2.75, 3.05) is 27.9 Å². The Labute approximate surface area is 130 Å². The van der Waals surface area contributed by atoms with Crippen LogP contribution in [0.2, 0.25) is 0 Å². The number of methoxy groups -OCH3 is 3. The minimum atomic E-state index is -0.436. The Kier molecular flexibility index (Phi) is 6.56. The van der Waals surface area contributed by atoms with Crippen LogP contribution in [0.3, 0.4) is 0 Å². The van der Waals surface area contributed by atoms with Crippen LogP contribution in [0.4, 0.5) is 0 Å². The number of alkyl halides is 1. The van der Waals surface area contributed by atoms with Crippen LogP contribution in [-0.4, -0.2) is 43.7 Å². The number of hydrogen-bond acceptors (Lipinski definition) is 5. The molecule has 0 saturated carbocycles. The van der Waals surface area contributed by atoms with Crippen LogP contribution < -0.4 is 14.8 Å². The molecule has 20 heavy (non-hydrogen) atoms. The molecule has 0 saturated heterocycles. The number of nitrogens with one attached hydrogen (secondary N) is 1. The summed E-state index contributed by atoms with van der Waals surface area (Å²) in [5, 5.41) is 2.66. The zero-order valence-electron chi connectivity index (χ0n) is 11.4. The third kappa shape index (κ3) is 4.55. The monoisotopic (exact) mass is 393 g/mol. The van der Waals surface area contributed by atoms with Crippen molar-refractivity contribution in [3.8, 4) is 11.5 Å². The van der Waals surface area contributed by atoms with Gasteiger partial charge in [0.1, 0.15) is 15.4 Å². The van der Waals surface area contributed by atoms with Crippen LogP contribution in [0.1, 0.15) is 10.4 Å². The highest BCUT2D eigenvalue weighted by Crippen LogP contribution is 2.22. The molecule has 0 bridgehead atoms. The molecule has 1 rings (SSSR count). The topological polar surface area (TPSA) is 73.9 Å². The van der Waals surface area contributed by atoms with Gasteiger partial charge in [0.2, 0.25) is 0 Å². The van der Waals surface area contributed by atoms with Gasteiger partial charge < -0.3 is 19.5 Å². The lowest BCUT2D eigenvalue weighted by Gasteiger charge is -2.11. The summed E-state index contributed by atoms with van der Waals surface area (Å²) in [6.07, 6.45) is 0. The average molecular weight is 393 g/mol. The van der Waals surface area contributed by atoms with Gasteiger partial charge in [0.25, 0.3) is 5.91 Å². The zero-order chi connectivity index (χ0) is 15.1. The molecule has 0 aliphatic heterocycles. The first-order valence-corrected chi connectivity index (χ1v) is 6.99. The van der Waals surface area contributed by atoms with Crippen LogP contribution in [0.15, 0.2) is 18.2 Å². The molecule has 0 aliphatic carbocycles. The third-order valence-corrected chi connectivity index (χ3v) is 3.46. The van der Waals surface area contributed by atoms with Crippen molar-refractivity contribution in [3.63, 3.8) is 0 Å². The number of amides is 1. The standard InChI is InChI=1S/C13H16INO5/c1-18-9-4-8(5-10(6-9)19-2)12(16)15-7-11(14)13(17)20-3/h4-6,11H,7H2,1-3H3,(H,15,16). The largest absolute Gasteiger partial charge is 0.497 e. The maximum Gasteiger partial charge on any atom is 0.320 e. The van der Waals surface area contributed by atoms with Crippen molar-refractivity contribution in [1.29, 1.82) is 0 Å². The number of benzene rings is 1. The van der Waals surface area contributed by atoms with E-state index < -0.39 is 3.92 Å². The number of carbonyl (C=O) groups excluding carboxylic acids is 2. The lowest BCUT2D eigenvalue weighted by Crippen LogP contribution is -2.33. The van der Waals surface area contributed by atoms with E-state index in [1.807, 2.05) is 22.6 Å². The van der Waals surface area contributed by atoms with Crippen molar-refractivity contribution in [2.24, 2.45) is 0 Å². The first-order valence-electron chi connectivity index (χ1n) is 5.75. The van der Waals surface area contributed by atoms with Crippen molar-refractivity contribution in [2.45, 2.75) is 3.92 Å². The molecule has 110 valence electrons. The fraction of sp³-hybridized carbons (Fsp3) is 0.385. The van der Waals surface area contributed by atoms with Gasteiger partial charge in [-0.3, -0.25) is 9.59 Å². The van der Waals surface area contributed by atoms with Crippen molar-refractivity contribution >= 4 is 34.5 Å². The van der Waals surface area contributed by atoms with Crippen molar-refractivity contribution < 1.29 is 23.8 Å². The molecular weight excluding hydrogens is 377 g/mol. The summed E-state index contributed by atoms with van der Waals surface area (Å²) in [6, 6.07) is 4.86. The van der Waals surface area contributed by atoms with Gasteiger partial charge in [-0.05, 0) is 12.1 Å². The SMILES string of the molecule is COC(=O)C(I)CNC(=O)c1cc(OC)cc(OC)c1. The van der Waals surface area contributed by atoms with E-state index in [9.17, 15) is 9.59 Å². The van der Waals surface area contributed by atoms with E-state index >= 15 is 0 Å². The summed E-state index contributed by atoms with van der Waals surface area (Å²) >= 11 is 1.91. The number of halogens is 1. The Balaban J connectivity index is 2.74. The van der Waals surface area contributed by atoms with E-state index in [0.717, 1.165) is 0 Å². The van der Waals surface area contributed by atoms with E-state index in [-0.39, 0.29) is 18.4 Å². The highest BCUT2D eigenvalue weighted by atomic mass is 127. The van der Waals surface area contributed by atoms with Crippen LogP contribution in [0.5, 0.6) is 11.5 Å². The Morgan fingerprint density at radius 3 is 2.15 bits per heavy atom. The summed E-state index contributed by atoms with van der Waals surface area (Å²) in [4.78, 5) is 23.3. The Bertz CT molecular complexity index is 469. The second-order valence-corrected chi connectivity index (χ2v) is 5.31. The number of carbonyl (C=O) groups is 2. The molecule has 0 heterocycles. The average Bonchev–Trinajstić information content (AvgIpc) is 2.50. The zero-order valence-corrected chi connectivity index (χ0v) is 13.6. The molecule has 0 aliphatic rings. The van der Waals surface area contributed by atoms with Crippen LogP contribution in [0.25, 0.3) is 0 Å². The fourth-order valence-electron chi connectivity index (χ4n) is 1.43. The Morgan fingerprint density at radius 2 is 1.70 bits per heavy atom. The van der Waals surface area contributed by atoms with E-state index in [0.29, 0.717) is 17.1 Å². The smallest absolute Gasteiger partial charge is 0.320 e. The van der Waals surface area contributed by atoms with E-state index in [1.165, 1.54) is 21.3 Å². The predicted molar refractivity (Wildman–Crippen MR) is 81.7 cm³/mol. The number of hydrogen-bond donors (Lipinski definition) is 1. The van der Waals surface area contributed by atoms with Gasteiger partial charge >= 0.3 is 5.97 Å². The van der Waals surface area contributed by atoms with E-state index in [1.54, 1.807) is 18.2 Å². The highest BCUT2D eigenvalue weighted by molar-refractivity contribution is 14.1. The first-order chi connectivity index (χ1) is 9.51. The molecular formula is C13H16INO5.